The number of methoxy groups -OCH3 is 1. The number of aryl methyl sites for hydroxylation is 2. The lowest BCUT2D eigenvalue weighted by molar-refractivity contribution is -0.139. The first-order valence-electron chi connectivity index (χ1n) is 12.6. The maximum atomic E-state index is 13.4. The summed E-state index contributed by atoms with van der Waals surface area (Å²) in [5, 5.41) is 10.6. The molecule has 6 heteroatoms. The molecule has 2 heterocycles. The van der Waals surface area contributed by atoms with Crippen LogP contribution in [0.1, 0.15) is 43.2 Å². The fourth-order valence-corrected chi connectivity index (χ4v) is 5.48. The lowest BCUT2D eigenvalue weighted by Gasteiger charge is -2.38. The van der Waals surface area contributed by atoms with Gasteiger partial charge in [0, 0.05) is 24.5 Å². The number of piperidine rings is 1. The van der Waals surface area contributed by atoms with Gasteiger partial charge in [0.25, 0.3) is 0 Å². The highest BCUT2D eigenvalue weighted by Gasteiger charge is 2.30. The van der Waals surface area contributed by atoms with Crippen LogP contribution in [-0.4, -0.2) is 47.7 Å². The molecule has 186 valence electrons. The fraction of sp³-hybridized carbons (Fsp3) is 0.448. The fourth-order valence-electron chi connectivity index (χ4n) is 5.48. The van der Waals surface area contributed by atoms with Gasteiger partial charge in [-0.25, -0.2) is 4.39 Å². The minimum absolute atomic E-state index is 0.171. The molecule has 2 atom stereocenters. The van der Waals surface area contributed by atoms with E-state index in [0.717, 1.165) is 80.4 Å². The van der Waals surface area contributed by atoms with Gasteiger partial charge < -0.3 is 14.7 Å². The molecule has 0 unspecified atom stereocenters. The van der Waals surface area contributed by atoms with Crippen molar-refractivity contribution in [2.24, 2.45) is 11.8 Å². The predicted molar refractivity (Wildman–Crippen MR) is 136 cm³/mol. The zero-order chi connectivity index (χ0) is 24.6. The first-order chi connectivity index (χ1) is 17.0. The molecule has 1 aliphatic rings. The molecule has 0 spiro atoms. The van der Waals surface area contributed by atoms with Gasteiger partial charge in [0.15, 0.2) is 0 Å². The number of carboxylic acid groups (broad SMARTS) is 1. The Morgan fingerprint density at radius 3 is 2.83 bits per heavy atom. The first-order valence-corrected chi connectivity index (χ1v) is 12.6. The van der Waals surface area contributed by atoms with Crippen molar-refractivity contribution in [1.29, 1.82) is 0 Å². The summed E-state index contributed by atoms with van der Waals surface area (Å²) in [4.78, 5) is 18.4. The number of carbonyl (C=O) groups is 1. The number of ether oxygens (including phenoxy) is 1. The molecule has 0 saturated carbocycles. The smallest absolute Gasteiger partial charge is 0.303 e. The van der Waals surface area contributed by atoms with Gasteiger partial charge in [-0.15, -0.1) is 0 Å². The second-order valence-electron chi connectivity index (χ2n) is 9.69. The number of nitrogens with zero attached hydrogens (tertiary/aromatic N) is 2. The normalized spacial score (nSPS) is 18.6. The lowest BCUT2D eigenvalue weighted by Crippen LogP contribution is -2.41. The molecule has 2 aromatic carbocycles. The molecule has 3 aromatic rings. The molecule has 1 saturated heterocycles. The van der Waals surface area contributed by atoms with E-state index in [2.05, 4.69) is 16.0 Å². The molecule has 0 bridgehead atoms. The molecule has 1 aromatic heterocycles. The molecule has 1 N–H and O–H groups in total. The van der Waals surface area contributed by atoms with Crippen LogP contribution in [0.25, 0.3) is 10.9 Å². The van der Waals surface area contributed by atoms with Gasteiger partial charge in [0.1, 0.15) is 11.6 Å². The number of aromatic nitrogens is 1. The summed E-state index contributed by atoms with van der Waals surface area (Å²) in [5.41, 5.74) is 3.25. The number of pyridine rings is 1. The second-order valence-corrected chi connectivity index (χ2v) is 9.69. The quantitative estimate of drug-likeness (QED) is 0.380. The van der Waals surface area contributed by atoms with Gasteiger partial charge in [-0.1, -0.05) is 12.1 Å². The summed E-state index contributed by atoms with van der Waals surface area (Å²) in [6.07, 6.45) is 7.90. The zero-order valence-electron chi connectivity index (χ0n) is 20.5. The standard InChI is InChI=1S/C29H35FN2O3/c1-35-26-10-11-28-27(19-26)23(12-14-31-28)8-3-7-22-13-16-32(20-24(22)18-29(33)34)15-4-6-21-5-2-9-25(30)17-21/h2,5,9-12,14,17,19,22,24H,3-4,6-8,13,15-16,18,20H2,1H3,(H,33,34)/t22-,24+/m1/s1. The van der Waals surface area contributed by atoms with Crippen LogP contribution in [0.3, 0.4) is 0 Å². The molecular formula is C29H35FN2O3. The number of carboxylic acids is 1. The molecule has 35 heavy (non-hydrogen) atoms. The Balaban J connectivity index is 1.30. The molecular weight excluding hydrogens is 443 g/mol. The first kappa shape index (κ1) is 25.1. The number of likely N-dealkylation sites (tertiary alicyclic amines) is 1. The van der Waals surface area contributed by atoms with Crippen molar-refractivity contribution in [1.82, 2.24) is 9.88 Å². The number of aliphatic carboxylic acids is 1. The van der Waals surface area contributed by atoms with Crippen molar-refractivity contribution in [3.63, 3.8) is 0 Å². The minimum atomic E-state index is -0.714. The third-order valence-electron chi connectivity index (χ3n) is 7.30. The van der Waals surface area contributed by atoms with Crippen LogP contribution in [0, 0.1) is 17.7 Å². The van der Waals surface area contributed by atoms with E-state index in [4.69, 9.17) is 4.74 Å². The van der Waals surface area contributed by atoms with E-state index in [-0.39, 0.29) is 18.2 Å². The number of hydrogen-bond acceptors (Lipinski definition) is 4. The van der Waals surface area contributed by atoms with Crippen molar-refractivity contribution < 1.29 is 19.0 Å². The van der Waals surface area contributed by atoms with Gasteiger partial charge in [0.05, 0.1) is 12.6 Å². The molecule has 4 rings (SSSR count). The van der Waals surface area contributed by atoms with Crippen LogP contribution in [-0.2, 0) is 17.6 Å². The highest BCUT2D eigenvalue weighted by atomic mass is 19.1. The molecule has 0 amide bonds. The number of benzene rings is 2. The highest BCUT2D eigenvalue weighted by molar-refractivity contribution is 5.83. The Labute approximate surface area is 206 Å². The maximum absolute atomic E-state index is 13.4. The molecule has 0 radical (unpaired) electrons. The second kappa shape index (κ2) is 12.1. The third kappa shape index (κ3) is 7.01. The summed E-state index contributed by atoms with van der Waals surface area (Å²) in [7, 11) is 1.67. The Kier molecular flexibility index (Phi) is 8.69. The Hall–Kier alpha value is -2.99. The van der Waals surface area contributed by atoms with Crippen LogP contribution in [0.4, 0.5) is 4.39 Å². The third-order valence-corrected chi connectivity index (χ3v) is 7.30. The topological polar surface area (TPSA) is 62.7 Å². The van der Waals surface area contributed by atoms with Crippen LogP contribution in [0.5, 0.6) is 5.75 Å². The summed E-state index contributed by atoms with van der Waals surface area (Å²) in [6, 6.07) is 14.8. The average molecular weight is 479 g/mol. The Morgan fingerprint density at radius 2 is 2.03 bits per heavy atom. The average Bonchev–Trinajstić information content (AvgIpc) is 2.85. The lowest BCUT2D eigenvalue weighted by atomic mass is 9.79. The van der Waals surface area contributed by atoms with E-state index in [1.165, 1.54) is 11.6 Å². The van der Waals surface area contributed by atoms with Crippen LogP contribution in [0.15, 0.2) is 54.7 Å². The number of hydrogen-bond donors (Lipinski definition) is 1. The maximum Gasteiger partial charge on any atom is 0.303 e. The molecule has 5 nitrogen and oxygen atoms in total. The van der Waals surface area contributed by atoms with Crippen molar-refractivity contribution in [3.8, 4) is 5.75 Å². The van der Waals surface area contributed by atoms with Crippen molar-refractivity contribution >= 4 is 16.9 Å². The zero-order valence-corrected chi connectivity index (χ0v) is 20.5. The molecule has 0 aliphatic carbocycles. The van der Waals surface area contributed by atoms with E-state index >= 15 is 0 Å². The van der Waals surface area contributed by atoms with E-state index < -0.39 is 5.97 Å². The predicted octanol–water partition coefficient (Wildman–Crippen LogP) is 5.75. The summed E-state index contributed by atoms with van der Waals surface area (Å²) < 4.78 is 18.8. The molecule has 1 fully saturated rings. The number of fused-ring (bicyclic) bond motifs is 1. The summed E-state index contributed by atoms with van der Waals surface area (Å²) in [5.74, 6) is 0.522. The number of rotatable bonds is 11. The van der Waals surface area contributed by atoms with E-state index in [1.54, 1.807) is 19.2 Å². The van der Waals surface area contributed by atoms with Crippen molar-refractivity contribution in [3.05, 3.63) is 71.7 Å². The van der Waals surface area contributed by atoms with E-state index in [0.29, 0.717) is 5.92 Å². The van der Waals surface area contributed by atoms with Gasteiger partial charge in [-0.2, -0.15) is 0 Å². The SMILES string of the molecule is COc1ccc2nccc(CCC[C@@H]3CCN(CCCc4cccc(F)c4)C[C@@H]3CC(=O)O)c2c1. The summed E-state index contributed by atoms with van der Waals surface area (Å²) in [6.45, 7) is 2.75. The van der Waals surface area contributed by atoms with E-state index in [9.17, 15) is 14.3 Å². The van der Waals surface area contributed by atoms with Crippen molar-refractivity contribution in [2.75, 3.05) is 26.7 Å². The monoisotopic (exact) mass is 478 g/mol. The van der Waals surface area contributed by atoms with Crippen LogP contribution >= 0.6 is 0 Å². The van der Waals surface area contributed by atoms with Crippen molar-refractivity contribution in [2.45, 2.75) is 44.9 Å². The van der Waals surface area contributed by atoms with Gasteiger partial charge in [0.2, 0.25) is 0 Å². The highest BCUT2D eigenvalue weighted by Crippen LogP contribution is 2.32. The van der Waals surface area contributed by atoms with Gasteiger partial charge >= 0.3 is 5.97 Å². The largest absolute Gasteiger partial charge is 0.497 e. The van der Waals surface area contributed by atoms with Gasteiger partial charge in [-0.3, -0.25) is 9.78 Å². The Morgan fingerprint density at radius 1 is 1.14 bits per heavy atom. The van der Waals surface area contributed by atoms with Crippen LogP contribution < -0.4 is 4.74 Å². The van der Waals surface area contributed by atoms with Crippen LogP contribution in [0.2, 0.25) is 0 Å². The van der Waals surface area contributed by atoms with Gasteiger partial charge in [-0.05, 0) is 111 Å². The minimum Gasteiger partial charge on any atom is -0.497 e. The summed E-state index contributed by atoms with van der Waals surface area (Å²) >= 11 is 0. The molecule has 1 aliphatic heterocycles. The van der Waals surface area contributed by atoms with E-state index in [1.807, 2.05) is 30.5 Å². The number of halogens is 1. The Bertz CT molecular complexity index is 1140.